The molecule has 1 aromatic heterocycles. The van der Waals surface area contributed by atoms with E-state index in [2.05, 4.69) is 5.32 Å². The number of ether oxygens (including phenoxy) is 2. The summed E-state index contributed by atoms with van der Waals surface area (Å²) in [5, 5.41) is 3.94. The summed E-state index contributed by atoms with van der Waals surface area (Å²) in [6, 6.07) is 5.15. The van der Waals surface area contributed by atoms with Crippen molar-refractivity contribution in [3.8, 4) is 0 Å². The molecule has 0 spiro atoms. The van der Waals surface area contributed by atoms with Gasteiger partial charge in [-0.25, -0.2) is 9.59 Å². The molecule has 9 heteroatoms. The second-order valence-corrected chi connectivity index (χ2v) is 7.18. The Bertz CT molecular complexity index is 917. The molecule has 1 N–H and O–H groups in total. The average Bonchev–Trinajstić information content (AvgIpc) is 3.05. The van der Waals surface area contributed by atoms with Crippen LogP contribution < -0.4 is 5.32 Å². The third-order valence-electron chi connectivity index (χ3n) is 4.82. The fourth-order valence-electron chi connectivity index (χ4n) is 3.29. The van der Waals surface area contributed by atoms with E-state index in [0.717, 1.165) is 5.39 Å². The molecule has 0 unspecified atom stereocenters. The van der Waals surface area contributed by atoms with E-state index < -0.39 is 18.5 Å². The molecule has 1 saturated heterocycles. The second kappa shape index (κ2) is 9.17. The zero-order chi connectivity index (χ0) is 21.0. The number of piperidine rings is 1. The molecule has 2 aromatic rings. The van der Waals surface area contributed by atoms with E-state index in [1.54, 1.807) is 36.9 Å². The van der Waals surface area contributed by atoms with Crippen molar-refractivity contribution in [2.75, 3.05) is 26.3 Å². The highest BCUT2D eigenvalue weighted by Crippen LogP contribution is 2.30. The minimum Gasteiger partial charge on any atom is -0.450 e. The maximum absolute atomic E-state index is 12.3. The summed E-state index contributed by atoms with van der Waals surface area (Å²) >= 11 is 6.09. The van der Waals surface area contributed by atoms with Crippen LogP contribution in [-0.4, -0.2) is 55.2 Å². The molecule has 2 amide bonds. The van der Waals surface area contributed by atoms with E-state index in [0.29, 0.717) is 48.7 Å². The van der Waals surface area contributed by atoms with Crippen molar-refractivity contribution < 1.29 is 28.3 Å². The first-order chi connectivity index (χ1) is 13.9. The van der Waals surface area contributed by atoms with Gasteiger partial charge in [-0.05, 0) is 32.8 Å². The van der Waals surface area contributed by atoms with Gasteiger partial charge in [0, 0.05) is 30.1 Å². The van der Waals surface area contributed by atoms with Crippen LogP contribution in [0, 0.1) is 6.92 Å². The fraction of sp³-hybridized carbons (Fsp3) is 0.450. The minimum atomic E-state index is -0.720. The van der Waals surface area contributed by atoms with E-state index >= 15 is 0 Å². The third kappa shape index (κ3) is 4.82. The monoisotopic (exact) mass is 422 g/mol. The van der Waals surface area contributed by atoms with Gasteiger partial charge < -0.3 is 24.1 Å². The van der Waals surface area contributed by atoms with Gasteiger partial charge in [-0.2, -0.15) is 0 Å². The second-order valence-electron chi connectivity index (χ2n) is 6.78. The van der Waals surface area contributed by atoms with Gasteiger partial charge >= 0.3 is 12.1 Å². The lowest BCUT2D eigenvalue weighted by Gasteiger charge is -2.31. The predicted molar refractivity (Wildman–Crippen MR) is 106 cm³/mol. The lowest BCUT2D eigenvalue weighted by Crippen LogP contribution is -2.47. The van der Waals surface area contributed by atoms with Crippen LogP contribution in [-0.2, 0) is 14.3 Å². The van der Waals surface area contributed by atoms with E-state index in [-0.39, 0.29) is 17.9 Å². The number of esters is 1. The van der Waals surface area contributed by atoms with Gasteiger partial charge in [0.2, 0.25) is 5.76 Å². The number of rotatable bonds is 5. The smallest absolute Gasteiger partial charge is 0.409 e. The number of hydrogen-bond donors (Lipinski definition) is 1. The summed E-state index contributed by atoms with van der Waals surface area (Å²) in [5.74, 6) is -1.09. The summed E-state index contributed by atoms with van der Waals surface area (Å²) in [6.45, 7) is 4.41. The molecule has 2 heterocycles. The Kier molecular flexibility index (Phi) is 6.64. The normalized spacial score (nSPS) is 14.7. The molecule has 0 aliphatic carbocycles. The number of benzene rings is 1. The molecule has 29 heavy (non-hydrogen) atoms. The molecule has 0 radical (unpaired) electrons. The number of furan rings is 1. The molecule has 1 aliphatic rings. The summed E-state index contributed by atoms with van der Waals surface area (Å²) in [7, 11) is 0. The number of likely N-dealkylation sites (tertiary alicyclic amines) is 1. The van der Waals surface area contributed by atoms with Gasteiger partial charge in [0.05, 0.1) is 11.6 Å². The minimum absolute atomic E-state index is 0.0312. The number of halogens is 1. The number of nitrogens with one attached hydrogen (secondary N) is 1. The standard InChI is InChI=1S/C20H23ClN2O6/c1-3-27-20(26)23-9-7-13(8-10-23)22-16(24)11-28-19(25)17-12(2)14-5-4-6-15(21)18(14)29-17/h4-6,13H,3,7-11H2,1-2H3,(H,22,24). The van der Waals surface area contributed by atoms with Gasteiger partial charge in [-0.15, -0.1) is 0 Å². The van der Waals surface area contributed by atoms with Crippen molar-refractivity contribution in [1.82, 2.24) is 10.2 Å². The number of nitrogens with zero attached hydrogens (tertiary/aromatic N) is 1. The van der Waals surface area contributed by atoms with E-state index in [1.165, 1.54) is 0 Å². The fourth-order valence-corrected chi connectivity index (χ4v) is 3.50. The Morgan fingerprint density at radius 3 is 2.62 bits per heavy atom. The third-order valence-corrected chi connectivity index (χ3v) is 5.12. The van der Waals surface area contributed by atoms with Crippen molar-refractivity contribution in [2.24, 2.45) is 0 Å². The molecule has 8 nitrogen and oxygen atoms in total. The van der Waals surface area contributed by atoms with Gasteiger partial charge in [-0.1, -0.05) is 23.7 Å². The Labute approximate surface area is 173 Å². The Balaban J connectivity index is 1.49. The molecule has 0 bridgehead atoms. The van der Waals surface area contributed by atoms with Crippen LogP contribution in [0.15, 0.2) is 22.6 Å². The number of aryl methyl sites for hydroxylation is 1. The van der Waals surface area contributed by atoms with Crippen LogP contribution in [0.3, 0.4) is 0 Å². The molecule has 1 fully saturated rings. The number of fused-ring (bicyclic) bond motifs is 1. The number of hydrogen-bond acceptors (Lipinski definition) is 6. The largest absolute Gasteiger partial charge is 0.450 e. The number of para-hydroxylation sites is 1. The zero-order valence-electron chi connectivity index (χ0n) is 16.3. The Morgan fingerprint density at radius 2 is 1.97 bits per heavy atom. The number of carbonyl (C=O) groups is 3. The van der Waals surface area contributed by atoms with Crippen molar-refractivity contribution in [1.29, 1.82) is 0 Å². The topological polar surface area (TPSA) is 98.1 Å². The van der Waals surface area contributed by atoms with Gasteiger partial charge in [-0.3, -0.25) is 4.79 Å². The first kappa shape index (κ1) is 21.0. The predicted octanol–water partition coefficient (Wildman–Crippen LogP) is 3.29. The van der Waals surface area contributed by atoms with Crippen molar-refractivity contribution in [3.63, 3.8) is 0 Å². The van der Waals surface area contributed by atoms with Crippen LogP contribution in [0.2, 0.25) is 5.02 Å². The van der Waals surface area contributed by atoms with Gasteiger partial charge in [0.1, 0.15) is 0 Å². The van der Waals surface area contributed by atoms with Gasteiger partial charge in [0.25, 0.3) is 5.91 Å². The molecular weight excluding hydrogens is 400 g/mol. The quantitative estimate of drug-likeness (QED) is 0.742. The SMILES string of the molecule is CCOC(=O)N1CCC(NC(=O)COC(=O)c2oc3c(Cl)cccc3c2C)CC1. The van der Waals surface area contributed by atoms with Crippen molar-refractivity contribution in [3.05, 3.63) is 34.5 Å². The van der Waals surface area contributed by atoms with Crippen LogP contribution >= 0.6 is 11.6 Å². The summed E-state index contributed by atoms with van der Waals surface area (Å²) < 4.78 is 15.6. The Morgan fingerprint density at radius 1 is 1.24 bits per heavy atom. The van der Waals surface area contributed by atoms with Crippen LogP contribution in [0.25, 0.3) is 11.0 Å². The highest BCUT2D eigenvalue weighted by atomic mass is 35.5. The first-order valence-electron chi connectivity index (χ1n) is 9.46. The summed E-state index contributed by atoms with van der Waals surface area (Å²) in [5.41, 5.74) is 1.02. The van der Waals surface area contributed by atoms with Crippen LogP contribution in [0.1, 0.15) is 35.9 Å². The van der Waals surface area contributed by atoms with Gasteiger partial charge in [0.15, 0.2) is 12.2 Å². The number of carbonyl (C=O) groups excluding carboxylic acids is 3. The first-order valence-corrected chi connectivity index (χ1v) is 9.84. The average molecular weight is 423 g/mol. The summed E-state index contributed by atoms with van der Waals surface area (Å²) in [6.07, 6.45) is 0.881. The van der Waals surface area contributed by atoms with E-state index in [9.17, 15) is 14.4 Å². The lowest BCUT2D eigenvalue weighted by molar-refractivity contribution is -0.125. The van der Waals surface area contributed by atoms with E-state index in [4.69, 9.17) is 25.5 Å². The van der Waals surface area contributed by atoms with Crippen molar-refractivity contribution in [2.45, 2.75) is 32.7 Å². The molecule has 156 valence electrons. The van der Waals surface area contributed by atoms with Crippen LogP contribution in [0.4, 0.5) is 4.79 Å². The molecule has 3 rings (SSSR count). The molecule has 1 aliphatic heterocycles. The summed E-state index contributed by atoms with van der Waals surface area (Å²) in [4.78, 5) is 37.8. The zero-order valence-corrected chi connectivity index (χ0v) is 17.1. The molecule has 0 saturated carbocycles. The highest BCUT2D eigenvalue weighted by Gasteiger charge is 2.25. The van der Waals surface area contributed by atoms with Crippen molar-refractivity contribution >= 4 is 40.5 Å². The highest BCUT2D eigenvalue weighted by molar-refractivity contribution is 6.35. The lowest BCUT2D eigenvalue weighted by atomic mass is 10.1. The van der Waals surface area contributed by atoms with Crippen LogP contribution in [0.5, 0.6) is 0 Å². The Hall–Kier alpha value is -2.74. The maximum Gasteiger partial charge on any atom is 0.409 e. The number of amides is 2. The maximum atomic E-state index is 12.3. The molecule has 0 atom stereocenters. The van der Waals surface area contributed by atoms with E-state index in [1.807, 2.05) is 0 Å². The molecule has 1 aromatic carbocycles. The molecular formula is C20H23ClN2O6.